The summed E-state index contributed by atoms with van der Waals surface area (Å²) in [5.41, 5.74) is 2.91. The second-order valence-corrected chi connectivity index (χ2v) is 3.23. The standard InChI is InChI=1S/C10H10N2O2/c1-6-7(2)12-4-3-8(10(13)14)5-9(12)11-6/h3-5H,1-2H3,(H,13,14). The van der Waals surface area contributed by atoms with E-state index in [4.69, 9.17) is 5.11 Å². The van der Waals surface area contributed by atoms with Crippen molar-refractivity contribution >= 4 is 11.6 Å². The summed E-state index contributed by atoms with van der Waals surface area (Å²) in [6, 6.07) is 3.14. The van der Waals surface area contributed by atoms with E-state index in [0.717, 1.165) is 11.4 Å². The van der Waals surface area contributed by atoms with E-state index in [1.54, 1.807) is 18.3 Å². The Morgan fingerprint density at radius 2 is 2.21 bits per heavy atom. The van der Waals surface area contributed by atoms with Crippen LogP contribution in [-0.2, 0) is 0 Å². The highest BCUT2D eigenvalue weighted by molar-refractivity contribution is 5.88. The van der Waals surface area contributed by atoms with Gasteiger partial charge in [0.05, 0.1) is 11.3 Å². The number of carboxylic acid groups (broad SMARTS) is 1. The van der Waals surface area contributed by atoms with E-state index < -0.39 is 5.97 Å². The minimum absolute atomic E-state index is 0.266. The Bertz CT molecular complexity index is 514. The molecule has 1 N–H and O–H groups in total. The van der Waals surface area contributed by atoms with Crippen LogP contribution in [-0.4, -0.2) is 20.5 Å². The average Bonchev–Trinajstić information content (AvgIpc) is 2.42. The van der Waals surface area contributed by atoms with Crippen molar-refractivity contribution < 1.29 is 9.90 Å². The molecule has 0 atom stereocenters. The van der Waals surface area contributed by atoms with Gasteiger partial charge in [-0.3, -0.25) is 0 Å². The quantitative estimate of drug-likeness (QED) is 0.743. The molecular weight excluding hydrogens is 180 g/mol. The van der Waals surface area contributed by atoms with Crippen LogP contribution in [0.4, 0.5) is 0 Å². The fourth-order valence-electron chi connectivity index (χ4n) is 1.42. The van der Waals surface area contributed by atoms with E-state index in [0.29, 0.717) is 5.65 Å². The van der Waals surface area contributed by atoms with Crippen molar-refractivity contribution in [2.24, 2.45) is 0 Å². The number of carbonyl (C=O) groups is 1. The van der Waals surface area contributed by atoms with Crippen LogP contribution in [0.25, 0.3) is 5.65 Å². The van der Waals surface area contributed by atoms with E-state index in [9.17, 15) is 4.79 Å². The van der Waals surface area contributed by atoms with Gasteiger partial charge in [0.2, 0.25) is 0 Å². The largest absolute Gasteiger partial charge is 0.478 e. The smallest absolute Gasteiger partial charge is 0.335 e. The first kappa shape index (κ1) is 8.74. The first-order valence-electron chi connectivity index (χ1n) is 4.28. The molecule has 0 unspecified atom stereocenters. The zero-order valence-electron chi connectivity index (χ0n) is 7.98. The molecule has 0 saturated carbocycles. The molecule has 14 heavy (non-hydrogen) atoms. The van der Waals surface area contributed by atoms with Crippen LogP contribution in [0, 0.1) is 13.8 Å². The molecule has 0 aliphatic heterocycles. The number of aryl methyl sites for hydroxylation is 2. The van der Waals surface area contributed by atoms with Crippen LogP contribution in [0.5, 0.6) is 0 Å². The van der Waals surface area contributed by atoms with Crippen LogP contribution in [0.1, 0.15) is 21.7 Å². The summed E-state index contributed by atoms with van der Waals surface area (Å²) in [5.74, 6) is -0.925. The highest BCUT2D eigenvalue weighted by Crippen LogP contribution is 2.12. The Balaban J connectivity index is 2.73. The van der Waals surface area contributed by atoms with E-state index in [1.165, 1.54) is 0 Å². The predicted molar refractivity (Wildman–Crippen MR) is 51.6 cm³/mol. The number of aromatic carboxylic acids is 1. The SMILES string of the molecule is Cc1nc2cc(C(=O)O)ccn2c1C. The highest BCUT2D eigenvalue weighted by Gasteiger charge is 2.07. The molecule has 2 aromatic rings. The summed E-state index contributed by atoms with van der Waals surface area (Å²) >= 11 is 0. The molecular formula is C10H10N2O2. The molecule has 0 aliphatic carbocycles. The third kappa shape index (κ3) is 1.16. The number of carboxylic acids is 1. The van der Waals surface area contributed by atoms with Gasteiger partial charge in [-0.05, 0) is 26.0 Å². The fraction of sp³-hybridized carbons (Fsp3) is 0.200. The minimum atomic E-state index is -0.925. The van der Waals surface area contributed by atoms with E-state index in [1.807, 2.05) is 18.2 Å². The van der Waals surface area contributed by atoms with Gasteiger partial charge in [-0.2, -0.15) is 0 Å². The van der Waals surface area contributed by atoms with Crippen molar-refractivity contribution in [1.29, 1.82) is 0 Å². The number of nitrogens with zero attached hydrogens (tertiary/aromatic N) is 2. The first-order chi connectivity index (χ1) is 6.59. The van der Waals surface area contributed by atoms with Crippen LogP contribution in [0.15, 0.2) is 18.3 Å². The van der Waals surface area contributed by atoms with Crippen LogP contribution in [0.2, 0.25) is 0 Å². The van der Waals surface area contributed by atoms with Gasteiger partial charge in [0, 0.05) is 11.9 Å². The second-order valence-electron chi connectivity index (χ2n) is 3.23. The van der Waals surface area contributed by atoms with Crippen molar-refractivity contribution in [3.05, 3.63) is 35.3 Å². The Hall–Kier alpha value is -1.84. The third-order valence-corrected chi connectivity index (χ3v) is 2.35. The van der Waals surface area contributed by atoms with Crippen molar-refractivity contribution in [1.82, 2.24) is 9.38 Å². The topological polar surface area (TPSA) is 54.6 Å². The summed E-state index contributed by atoms with van der Waals surface area (Å²) in [5, 5.41) is 8.78. The van der Waals surface area contributed by atoms with Gasteiger partial charge in [-0.15, -0.1) is 0 Å². The minimum Gasteiger partial charge on any atom is -0.478 e. The van der Waals surface area contributed by atoms with Crippen molar-refractivity contribution in [3.63, 3.8) is 0 Å². The molecule has 0 bridgehead atoms. The molecule has 2 aromatic heterocycles. The number of rotatable bonds is 1. The van der Waals surface area contributed by atoms with Crippen LogP contribution >= 0.6 is 0 Å². The lowest BCUT2D eigenvalue weighted by molar-refractivity contribution is 0.0697. The summed E-state index contributed by atoms with van der Waals surface area (Å²) in [4.78, 5) is 15.0. The summed E-state index contributed by atoms with van der Waals surface area (Å²) in [7, 11) is 0. The van der Waals surface area contributed by atoms with Crippen LogP contribution < -0.4 is 0 Å². The lowest BCUT2D eigenvalue weighted by Gasteiger charge is -1.97. The monoisotopic (exact) mass is 190 g/mol. The number of hydrogen-bond acceptors (Lipinski definition) is 2. The lowest BCUT2D eigenvalue weighted by atomic mass is 10.3. The molecule has 4 heteroatoms. The Morgan fingerprint density at radius 1 is 1.50 bits per heavy atom. The summed E-state index contributed by atoms with van der Waals surface area (Å²) in [6.07, 6.45) is 1.73. The zero-order valence-corrected chi connectivity index (χ0v) is 7.98. The molecule has 0 fully saturated rings. The van der Waals surface area contributed by atoms with Gasteiger partial charge in [-0.1, -0.05) is 0 Å². The van der Waals surface area contributed by atoms with Crippen molar-refractivity contribution in [2.45, 2.75) is 13.8 Å². The molecule has 2 rings (SSSR count). The first-order valence-corrected chi connectivity index (χ1v) is 4.28. The molecule has 0 amide bonds. The maximum Gasteiger partial charge on any atom is 0.335 e. The van der Waals surface area contributed by atoms with Crippen molar-refractivity contribution in [3.8, 4) is 0 Å². The third-order valence-electron chi connectivity index (χ3n) is 2.35. The Morgan fingerprint density at radius 3 is 2.86 bits per heavy atom. The van der Waals surface area contributed by atoms with Crippen LogP contribution in [0.3, 0.4) is 0 Å². The normalized spacial score (nSPS) is 10.7. The Kier molecular flexibility index (Phi) is 1.77. The molecule has 2 heterocycles. The van der Waals surface area contributed by atoms with Gasteiger partial charge in [0.15, 0.2) is 0 Å². The van der Waals surface area contributed by atoms with Gasteiger partial charge < -0.3 is 9.51 Å². The van der Waals surface area contributed by atoms with Gasteiger partial charge >= 0.3 is 5.97 Å². The number of imidazole rings is 1. The second kappa shape index (κ2) is 2.83. The number of hydrogen-bond donors (Lipinski definition) is 1. The fourth-order valence-corrected chi connectivity index (χ4v) is 1.42. The molecule has 0 spiro atoms. The summed E-state index contributed by atoms with van der Waals surface area (Å²) in [6.45, 7) is 3.86. The lowest BCUT2D eigenvalue weighted by Crippen LogP contribution is -1.97. The van der Waals surface area contributed by atoms with Crippen molar-refractivity contribution in [2.75, 3.05) is 0 Å². The molecule has 0 aromatic carbocycles. The Labute approximate surface area is 80.8 Å². The van der Waals surface area contributed by atoms with Gasteiger partial charge in [0.25, 0.3) is 0 Å². The summed E-state index contributed by atoms with van der Waals surface area (Å²) < 4.78 is 1.88. The molecule has 72 valence electrons. The molecule has 4 nitrogen and oxygen atoms in total. The molecule has 0 saturated heterocycles. The maximum absolute atomic E-state index is 10.7. The van der Waals surface area contributed by atoms with E-state index in [2.05, 4.69) is 4.98 Å². The van der Waals surface area contributed by atoms with Gasteiger partial charge in [0.1, 0.15) is 5.65 Å². The molecule has 0 aliphatic rings. The van der Waals surface area contributed by atoms with E-state index >= 15 is 0 Å². The highest BCUT2D eigenvalue weighted by atomic mass is 16.4. The number of fused-ring (bicyclic) bond motifs is 1. The number of aromatic nitrogens is 2. The maximum atomic E-state index is 10.7. The molecule has 0 radical (unpaired) electrons. The predicted octanol–water partition coefficient (Wildman–Crippen LogP) is 1.65. The number of pyridine rings is 1. The zero-order chi connectivity index (χ0) is 10.3. The van der Waals surface area contributed by atoms with Gasteiger partial charge in [-0.25, -0.2) is 9.78 Å². The van der Waals surface area contributed by atoms with E-state index in [-0.39, 0.29) is 5.56 Å². The average molecular weight is 190 g/mol.